The van der Waals surface area contributed by atoms with Gasteiger partial charge in [-0.15, -0.1) is 0 Å². The number of benzene rings is 1. The monoisotopic (exact) mass is 524 g/mol. The van der Waals surface area contributed by atoms with E-state index < -0.39 is 0 Å². The quantitative estimate of drug-likeness (QED) is 0.280. The van der Waals surface area contributed by atoms with E-state index >= 15 is 0 Å². The summed E-state index contributed by atoms with van der Waals surface area (Å²) in [6.45, 7) is 14.5. The molecule has 2 heterocycles. The topological polar surface area (TPSA) is 34.0 Å². The molecule has 2 saturated carbocycles. The zero-order valence-electron chi connectivity index (χ0n) is 24.7. The number of hydrogen-bond donors (Lipinski definition) is 0. The average molecular weight is 525 g/mol. The van der Waals surface area contributed by atoms with E-state index in [-0.39, 0.29) is 0 Å². The summed E-state index contributed by atoms with van der Waals surface area (Å²) >= 11 is 0. The maximum atomic E-state index is 5.01. The molecule has 2 aliphatic rings. The first-order chi connectivity index (χ1) is 18.9. The minimum atomic E-state index is 0.364. The molecule has 1 aromatic carbocycles. The molecule has 5 rings (SSSR count). The summed E-state index contributed by atoms with van der Waals surface area (Å²) in [5.74, 6) is 1.89. The fourth-order valence-electron chi connectivity index (χ4n) is 6.78. The van der Waals surface area contributed by atoms with Crippen molar-refractivity contribution in [2.45, 2.75) is 104 Å². The molecule has 0 amide bonds. The van der Waals surface area contributed by atoms with Crippen LogP contribution >= 0.6 is 0 Å². The van der Waals surface area contributed by atoms with Crippen LogP contribution in [-0.4, -0.2) is 21.3 Å². The highest BCUT2D eigenvalue weighted by Gasteiger charge is 2.28. The van der Waals surface area contributed by atoms with Crippen LogP contribution < -0.4 is 4.90 Å². The molecule has 0 spiro atoms. The second-order valence-corrected chi connectivity index (χ2v) is 12.3. The zero-order chi connectivity index (χ0) is 27.4. The van der Waals surface area contributed by atoms with Crippen LogP contribution in [-0.2, 0) is 6.42 Å². The molecule has 2 aromatic heterocycles. The molecule has 4 heteroatoms. The molecular formula is C35H48N4. The third kappa shape index (κ3) is 6.48. The summed E-state index contributed by atoms with van der Waals surface area (Å²) in [5, 5.41) is 4.60. The molecule has 208 valence electrons. The van der Waals surface area contributed by atoms with Crippen molar-refractivity contribution in [3.8, 4) is 11.1 Å². The molecule has 4 nitrogen and oxygen atoms in total. The summed E-state index contributed by atoms with van der Waals surface area (Å²) in [6.07, 6.45) is 16.8. The van der Waals surface area contributed by atoms with Crippen molar-refractivity contribution in [3.63, 3.8) is 0 Å². The highest BCUT2D eigenvalue weighted by atomic mass is 15.3. The average Bonchev–Trinajstić information content (AvgIpc) is 3.48. The highest BCUT2D eigenvalue weighted by molar-refractivity contribution is 5.68. The lowest BCUT2D eigenvalue weighted by molar-refractivity contribution is 0.320. The van der Waals surface area contributed by atoms with Gasteiger partial charge in [-0.3, -0.25) is 9.67 Å². The Balaban J connectivity index is 1.33. The van der Waals surface area contributed by atoms with Crippen LogP contribution in [0.25, 0.3) is 11.1 Å². The van der Waals surface area contributed by atoms with Gasteiger partial charge in [0.2, 0.25) is 0 Å². The fourth-order valence-corrected chi connectivity index (χ4v) is 6.78. The molecule has 0 unspecified atom stereocenters. The predicted molar refractivity (Wildman–Crippen MR) is 164 cm³/mol. The molecular weight excluding hydrogens is 476 g/mol. The first-order valence-electron chi connectivity index (χ1n) is 15.5. The molecule has 0 aliphatic heterocycles. The van der Waals surface area contributed by atoms with Gasteiger partial charge in [-0.2, -0.15) is 5.10 Å². The van der Waals surface area contributed by atoms with Gasteiger partial charge in [0.05, 0.1) is 6.20 Å². The summed E-state index contributed by atoms with van der Waals surface area (Å²) in [6, 6.07) is 14.0. The van der Waals surface area contributed by atoms with E-state index in [9.17, 15) is 0 Å². The van der Waals surface area contributed by atoms with Gasteiger partial charge >= 0.3 is 0 Å². The van der Waals surface area contributed by atoms with E-state index in [4.69, 9.17) is 11.6 Å². The molecule has 3 aromatic rings. The van der Waals surface area contributed by atoms with E-state index in [1.54, 1.807) is 0 Å². The minimum Gasteiger partial charge on any atom is -0.345 e. The Morgan fingerprint density at radius 1 is 1.00 bits per heavy atom. The summed E-state index contributed by atoms with van der Waals surface area (Å²) < 4.78 is 2.05. The molecule has 0 saturated heterocycles. The van der Waals surface area contributed by atoms with Crippen LogP contribution in [0.1, 0.15) is 107 Å². The smallest absolute Gasteiger partial charge is 0.0568 e. The standard InChI is InChI=1S/C35H48N4/c1-6-29-19-20-35(37-26(29)4)31-17-15-28(16-18-31)23-38(27(5)30-11-8-7-9-12-30)34-14-10-13-32(21-34)33-22-36-39(24-33)25(2)3/h10,13-14,19-22,24-25,28,30-31H,5-9,11-12,15-18,23H2,1-4H3. The largest absolute Gasteiger partial charge is 0.345 e. The lowest BCUT2D eigenvalue weighted by Crippen LogP contribution is -2.34. The number of rotatable bonds is 9. The van der Waals surface area contributed by atoms with Crippen molar-refractivity contribution in [1.82, 2.24) is 14.8 Å². The Bertz CT molecular complexity index is 1240. The second kappa shape index (κ2) is 12.5. The molecule has 0 radical (unpaired) electrons. The Hall–Kier alpha value is -2.88. The molecule has 2 fully saturated rings. The van der Waals surface area contributed by atoms with Crippen LogP contribution in [0, 0.1) is 18.8 Å². The van der Waals surface area contributed by atoms with Crippen LogP contribution in [0.2, 0.25) is 0 Å². The van der Waals surface area contributed by atoms with E-state index in [2.05, 4.69) is 80.3 Å². The normalized spacial score (nSPS) is 20.3. The van der Waals surface area contributed by atoms with Gasteiger partial charge in [0.15, 0.2) is 0 Å². The van der Waals surface area contributed by atoms with Gasteiger partial charge in [-0.1, -0.05) is 51.0 Å². The van der Waals surface area contributed by atoms with Crippen molar-refractivity contribution in [2.75, 3.05) is 11.4 Å². The second-order valence-electron chi connectivity index (χ2n) is 12.3. The number of hydrogen-bond acceptors (Lipinski definition) is 3. The maximum Gasteiger partial charge on any atom is 0.0568 e. The lowest BCUT2D eigenvalue weighted by Gasteiger charge is -2.38. The first-order valence-corrected chi connectivity index (χ1v) is 15.5. The number of anilines is 1. The summed E-state index contributed by atoms with van der Waals surface area (Å²) in [4.78, 5) is 7.60. The van der Waals surface area contributed by atoms with E-state index in [0.717, 1.165) is 13.0 Å². The summed E-state index contributed by atoms with van der Waals surface area (Å²) in [7, 11) is 0. The van der Waals surface area contributed by atoms with Crippen molar-refractivity contribution in [1.29, 1.82) is 0 Å². The number of pyridine rings is 1. The number of nitrogens with zero attached hydrogens (tertiary/aromatic N) is 4. The van der Waals surface area contributed by atoms with E-state index in [1.807, 2.05) is 10.9 Å². The molecule has 0 bridgehead atoms. The van der Waals surface area contributed by atoms with Gasteiger partial charge in [-0.05, 0) is 107 Å². The molecule has 0 atom stereocenters. The van der Waals surface area contributed by atoms with Crippen molar-refractivity contribution in [3.05, 3.63) is 78.0 Å². The third-order valence-electron chi connectivity index (χ3n) is 9.35. The van der Waals surface area contributed by atoms with Crippen LogP contribution in [0.15, 0.2) is 61.1 Å². The van der Waals surface area contributed by atoms with Crippen molar-refractivity contribution < 1.29 is 0 Å². The van der Waals surface area contributed by atoms with Crippen LogP contribution in [0.5, 0.6) is 0 Å². The van der Waals surface area contributed by atoms with Gasteiger partial charge < -0.3 is 4.90 Å². The Morgan fingerprint density at radius 2 is 1.77 bits per heavy atom. The Kier molecular flexibility index (Phi) is 8.89. The zero-order valence-corrected chi connectivity index (χ0v) is 24.7. The van der Waals surface area contributed by atoms with Gasteiger partial charge in [0.1, 0.15) is 0 Å². The minimum absolute atomic E-state index is 0.364. The van der Waals surface area contributed by atoms with Gasteiger partial charge in [0.25, 0.3) is 0 Å². The third-order valence-corrected chi connectivity index (χ3v) is 9.35. The van der Waals surface area contributed by atoms with Gasteiger partial charge in [-0.25, -0.2) is 0 Å². The van der Waals surface area contributed by atoms with E-state index in [1.165, 1.54) is 97.3 Å². The van der Waals surface area contributed by atoms with Crippen LogP contribution in [0.4, 0.5) is 5.69 Å². The van der Waals surface area contributed by atoms with Crippen LogP contribution in [0.3, 0.4) is 0 Å². The SMILES string of the molecule is C=C(C1CCCCC1)N(CC1CCC(c2ccc(CC)c(C)n2)CC1)c1cccc(-c2cnn(C(C)C)c2)c1. The maximum absolute atomic E-state index is 5.01. The Morgan fingerprint density at radius 3 is 2.44 bits per heavy atom. The molecule has 39 heavy (non-hydrogen) atoms. The first kappa shape index (κ1) is 27.7. The highest BCUT2D eigenvalue weighted by Crippen LogP contribution is 2.39. The summed E-state index contributed by atoms with van der Waals surface area (Å²) in [5.41, 5.74) is 8.94. The van der Waals surface area contributed by atoms with E-state index in [0.29, 0.717) is 23.8 Å². The van der Waals surface area contributed by atoms with Gasteiger partial charge in [0, 0.05) is 53.0 Å². The lowest BCUT2D eigenvalue weighted by atomic mass is 9.79. The number of allylic oxidation sites excluding steroid dienone is 1. The molecule has 2 aliphatic carbocycles. The number of aromatic nitrogens is 3. The number of aryl methyl sites for hydroxylation is 2. The van der Waals surface area contributed by atoms with Crippen molar-refractivity contribution in [2.24, 2.45) is 11.8 Å². The fraction of sp³-hybridized carbons (Fsp3) is 0.543. The van der Waals surface area contributed by atoms with Crippen molar-refractivity contribution >= 4 is 5.69 Å². The molecule has 0 N–H and O–H groups in total. The Labute approximate surface area is 236 Å². The predicted octanol–water partition coefficient (Wildman–Crippen LogP) is 9.27.